The second-order valence-corrected chi connectivity index (χ2v) is 3.90. The Balaban J connectivity index is 3.06. The van der Waals surface area contributed by atoms with Gasteiger partial charge in [-0.15, -0.1) is 0 Å². The zero-order valence-electron chi connectivity index (χ0n) is 9.57. The summed E-state index contributed by atoms with van der Waals surface area (Å²) in [6, 6.07) is 9.05. The van der Waals surface area contributed by atoms with E-state index in [1.54, 1.807) is 38.1 Å². The predicted octanol–water partition coefficient (Wildman–Crippen LogP) is 2.19. The van der Waals surface area contributed by atoms with Crippen LogP contribution < -0.4 is 5.32 Å². The van der Waals surface area contributed by atoms with Crippen LogP contribution in [0.15, 0.2) is 24.3 Å². The number of para-hydroxylation sites is 1. The third-order valence-electron chi connectivity index (χ3n) is 2.06. The number of anilines is 1. The molecule has 1 aromatic carbocycles. The summed E-state index contributed by atoms with van der Waals surface area (Å²) in [6.45, 7) is 3.47. The maximum atomic E-state index is 11.5. The highest BCUT2D eigenvalue weighted by Crippen LogP contribution is 2.20. The summed E-state index contributed by atoms with van der Waals surface area (Å²) in [6.07, 6.45) is 0. The molecule has 0 aliphatic carbocycles. The molecule has 1 aromatic rings. The molecule has 0 bridgehead atoms. The van der Waals surface area contributed by atoms with Gasteiger partial charge in [0.1, 0.15) is 5.54 Å². The number of rotatable bonds is 3. The van der Waals surface area contributed by atoms with Crippen LogP contribution in [0.25, 0.3) is 0 Å². The van der Waals surface area contributed by atoms with Gasteiger partial charge in [0, 0.05) is 5.69 Å². The van der Waals surface area contributed by atoms with Crippen LogP contribution in [0.5, 0.6) is 0 Å². The first-order valence-electron chi connectivity index (χ1n) is 4.87. The molecule has 0 atom stereocenters. The first-order chi connectivity index (χ1) is 7.50. The van der Waals surface area contributed by atoms with Crippen LogP contribution in [0.4, 0.5) is 5.69 Å². The van der Waals surface area contributed by atoms with Crippen molar-refractivity contribution in [3.8, 4) is 6.07 Å². The minimum atomic E-state index is -0.732. The highest BCUT2D eigenvalue weighted by Gasteiger charge is 2.19. The molecule has 0 unspecified atom stereocenters. The topological polar surface area (TPSA) is 62.1 Å². The van der Waals surface area contributed by atoms with Crippen molar-refractivity contribution in [2.24, 2.45) is 0 Å². The maximum absolute atomic E-state index is 11.5. The Hall–Kier alpha value is -2.02. The van der Waals surface area contributed by atoms with Gasteiger partial charge in [0.25, 0.3) is 0 Å². The fraction of sp³-hybridized carbons (Fsp3) is 0.333. The fourth-order valence-corrected chi connectivity index (χ4v) is 1.24. The number of ether oxygens (including phenoxy) is 1. The summed E-state index contributed by atoms with van der Waals surface area (Å²) in [7, 11) is 1.33. The van der Waals surface area contributed by atoms with E-state index in [0.717, 1.165) is 0 Å². The Kier molecular flexibility index (Phi) is 3.51. The van der Waals surface area contributed by atoms with Crippen LogP contribution in [0.2, 0.25) is 0 Å². The van der Waals surface area contributed by atoms with Gasteiger partial charge in [-0.3, -0.25) is 0 Å². The van der Waals surface area contributed by atoms with Crippen molar-refractivity contribution in [3.05, 3.63) is 29.8 Å². The molecule has 0 aliphatic rings. The monoisotopic (exact) mass is 218 g/mol. The van der Waals surface area contributed by atoms with E-state index in [1.165, 1.54) is 7.11 Å². The SMILES string of the molecule is COC(=O)c1ccccc1NC(C)(C)C#N. The van der Waals surface area contributed by atoms with Crippen molar-refractivity contribution >= 4 is 11.7 Å². The Bertz CT molecular complexity index is 433. The number of nitriles is 1. The quantitative estimate of drug-likeness (QED) is 0.790. The van der Waals surface area contributed by atoms with Crippen LogP contribution >= 0.6 is 0 Å². The zero-order valence-corrected chi connectivity index (χ0v) is 9.57. The van der Waals surface area contributed by atoms with Crippen molar-refractivity contribution in [1.29, 1.82) is 5.26 Å². The average Bonchev–Trinajstić information content (AvgIpc) is 2.28. The van der Waals surface area contributed by atoms with E-state index in [1.807, 2.05) is 0 Å². The predicted molar refractivity (Wildman–Crippen MR) is 61.1 cm³/mol. The van der Waals surface area contributed by atoms with Crippen LogP contribution in [0.3, 0.4) is 0 Å². The van der Waals surface area contributed by atoms with E-state index in [0.29, 0.717) is 11.3 Å². The number of nitrogens with zero attached hydrogens (tertiary/aromatic N) is 1. The van der Waals surface area contributed by atoms with Gasteiger partial charge in [-0.2, -0.15) is 5.26 Å². The average molecular weight is 218 g/mol. The molecule has 0 amide bonds. The highest BCUT2D eigenvalue weighted by atomic mass is 16.5. The summed E-state index contributed by atoms with van der Waals surface area (Å²) in [4.78, 5) is 11.5. The molecule has 0 spiro atoms. The standard InChI is InChI=1S/C12H14N2O2/c1-12(2,8-13)14-10-7-5-4-6-9(10)11(15)16-3/h4-7,14H,1-3H3. The van der Waals surface area contributed by atoms with Gasteiger partial charge in [-0.1, -0.05) is 12.1 Å². The van der Waals surface area contributed by atoms with E-state index in [4.69, 9.17) is 5.26 Å². The lowest BCUT2D eigenvalue weighted by Gasteiger charge is -2.20. The lowest BCUT2D eigenvalue weighted by atomic mass is 10.1. The van der Waals surface area contributed by atoms with Gasteiger partial charge >= 0.3 is 5.97 Å². The second kappa shape index (κ2) is 4.67. The number of carbonyl (C=O) groups is 1. The third kappa shape index (κ3) is 2.74. The number of hydrogen-bond acceptors (Lipinski definition) is 4. The normalized spacial score (nSPS) is 10.4. The van der Waals surface area contributed by atoms with Crippen molar-refractivity contribution in [1.82, 2.24) is 0 Å². The smallest absolute Gasteiger partial charge is 0.339 e. The number of nitrogens with one attached hydrogen (secondary N) is 1. The Morgan fingerprint density at radius 1 is 1.44 bits per heavy atom. The number of carbonyl (C=O) groups excluding carboxylic acids is 1. The molecule has 1 rings (SSSR count). The van der Waals surface area contributed by atoms with Crippen molar-refractivity contribution in [2.75, 3.05) is 12.4 Å². The molecule has 1 N–H and O–H groups in total. The van der Waals surface area contributed by atoms with E-state index in [9.17, 15) is 4.79 Å². The summed E-state index contributed by atoms with van der Waals surface area (Å²) in [5.74, 6) is -0.420. The highest BCUT2D eigenvalue weighted by molar-refractivity contribution is 5.95. The molecule has 0 saturated carbocycles. The lowest BCUT2D eigenvalue weighted by molar-refractivity contribution is 0.0602. The van der Waals surface area contributed by atoms with Gasteiger partial charge < -0.3 is 10.1 Å². The summed E-state index contributed by atoms with van der Waals surface area (Å²) in [5, 5.41) is 11.9. The number of benzene rings is 1. The van der Waals surface area contributed by atoms with Crippen LogP contribution in [0, 0.1) is 11.3 Å². The molecule has 0 fully saturated rings. The van der Waals surface area contributed by atoms with E-state index in [2.05, 4.69) is 16.1 Å². The van der Waals surface area contributed by atoms with E-state index in [-0.39, 0.29) is 0 Å². The Morgan fingerprint density at radius 2 is 2.06 bits per heavy atom. The molecular formula is C12H14N2O2. The van der Waals surface area contributed by atoms with Gasteiger partial charge in [0.15, 0.2) is 0 Å². The van der Waals surface area contributed by atoms with Crippen LogP contribution in [0.1, 0.15) is 24.2 Å². The minimum Gasteiger partial charge on any atom is -0.465 e. The van der Waals surface area contributed by atoms with Gasteiger partial charge in [0.05, 0.1) is 18.7 Å². The fourth-order valence-electron chi connectivity index (χ4n) is 1.24. The van der Waals surface area contributed by atoms with Crippen molar-refractivity contribution in [3.63, 3.8) is 0 Å². The van der Waals surface area contributed by atoms with Crippen molar-refractivity contribution in [2.45, 2.75) is 19.4 Å². The summed E-state index contributed by atoms with van der Waals surface area (Å²) < 4.78 is 4.66. The van der Waals surface area contributed by atoms with Gasteiger partial charge in [-0.25, -0.2) is 4.79 Å². The molecule has 4 heteroatoms. The zero-order chi connectivity index (χ0) is 12.2. The Morgan fingerprint density at radius 3 is 2.62 bits per heavy atom. The van der Waals surface area contributed by atoms with Gasteiger partial charge in [-0.05, 0) is 26.0 Å². The molecule has 84 valence electrons. The lowest BCUT2D eigenvalue weighted by Crippen LogP contribution is -2.29. The van der Waals surface area contributed by atoms with E-state index >= 15 is 0 Å². The van der Waals surface area contributed by atoms with Crippen LogP contribution in [-0.2, 0) is 4.74 Å². The van der Waals surface area contributed by atoms with Crippen molar-refractivity contribution < 1.29 is 9.53 Å². The first kappa shape index (κ1) is 12.1. The maximum Gasteiger partial charge on any atom is 0.339 e. The van der Waals surface area contributed by atoms with Gasteiger partial charge in [0.2, 0.25) is 0 Å². The number of hydrogen-bond donors (Lipinski definition) is 1. The third-order valence-corrected chi connectivity index (χ3v) is 2.06. The molecule has 0 aromatic heterocycles. The van der Waals surface area contributed by atoms with E-state index < -0.39 is 11.5 Å². The molecular weight excluding hydrogens is 204 g/mol. The number of methoxy groups -OCH3 is 1. The van der Waals surface area contributed by atoms with Crippen LogP contribution in [-0.4, -0.2) is 18.6 Å². The minimum absolute atomic E-state index is 0.420. The first-order valence-corrected chi connectivity index (χ1v) is 4.87. The largest absolute Gasteiger partial charge is 0.465 e. The number of esters is 1. The molecule has 0 aliphatic heterocycles. The Labute approximate surface area is 94.8 Å². The second-order valence-electron chi connectivity index (χ2n) is 3.90. The molecule has 0 heterocycles. The molecule has 16 heavy (non-hydrogen) atoms. The molecule has 0 saturated heterocycles. The summed E-state index contributed by atoms with van der Waals surface area (Å²) >= 11 is 0. The molecule has 0 radical (unpaired) electrons. The molecule has 4 nitrogen and oxygen atoms in total. The summed E-state index contributed by atoms with van der Waals surface area (Å²) in [5.41, 5.74) is 0.290.